The molecule has 0 radical (unpaired) electrons. The predicted molar refractivity (Wildman–Crippen MR) is 75.3 cm³/mol. The van der Waals surface area contributed by atoms with E-state index in [0.717, 1.165) is 24.5 Å². The zero-order chi connectivity index (χ0) is 14.7. The summed E-state index contributed by atoms with van der Waals surface area (Å²) >= 11 is 0. The highest BCUT2D eigenvalue weighted by atomic mass is 16.3. The van der Waals surface area contributed by atoms with Gasteiger partial charge in [0.25, 0.3) is 0 Å². The monoisotopic (exact) mass is 272 g/mol. The molecule has 0 saturated heterocycles. The Bertz CT molecular complexity index is 647. The lowest BCUT2D eigenvalue weighted by molar-refractivity contribution is 0.103. The number of hydrogen-bond acceptors (Lipinski definition) is 4. The first-order valence-electron chi connectivity index (χ1n) is 6.41. The Hall–Kier alpha value is -2.49. The standard InChI is InChI=1S/C16H16O4/c1-2-3-10-4-6-12(14(18)8-10)16(20)13-7-5-11(17)9-15(13)19/h4-9,17-19H,2-3H2,1H3. The van der Waals surface area contributed by atoms with Crippen LogP contribution in [0.1, 0.15) is 34.8 Å². The van der Waals surface area contributed by atoms with Crippen LogP contribution in [0, 0.1) is 0 Å². The fourth-order valence-corrected chi connectivity index (χ4v) is 2.07. The molecule has 3 N–H and O–H groups in total. The van der Waals surface area contributed by atoms with Gasteiger partial charge in [0, 0.05) is 6.07 Å². The van der Waals surface area contributed by atoms with Gasteiger partial charge in [0.05, 0.1) is 11.1 Å². The molecule has 2 aromatic rings. The minimum Gasteiger partial charge on any atom is -0.508 e. The third-order valence-corrected chi connectivity index (χ3v) is 3.07. The summed E-state index contributed by atoms with van der Waals surface area (Å²) in [5.41, 5.74) is 1.13. The molecular formula is C16H16O4. The molecule has 2 rings (SSSR count). The topological polar surface area (TPSA) is 77.8 Å². The molecule has 0 aromatic heterocycles. The van der Waals surface area contributed by atoms with E-state index in [1.807, 2.05) is 6.92 Å². The highest BCUT2D eigenvalue weighted by Crippen LogP contribution is 2.28. The fourth-order valence-electron chi connectivity index (χ4n) is 2.07. The summed E-state index contributed by atoms with van der Waals surface area (Å²) in [7, 11) is 0. The largest absolute Gasteiger partial charge is 0.508 e. The molecule has 0 bridgehead atoms. The smallest absolute Gasteiger partial charge is 0.200 e. The summed E-state index contributed by atoms with van der Waals surface area (Å²) in [6.45, 7) is 2.03. The molecule has 0 atom stereocenters. The molecule has 0 unspecified atom stereocenters. The molecule has 0 aliphatic rings. The van der Waals surface area contributed by atoms with Crippen LogP contribution in [-0.2, 0) is 6.42 Å². The van der Waals surface area contributed by atoms with Crippen LogP contribution in [0.2, 0.25) is 0 Å². The maximum absolute atomic E-state index is 12.3. The number of hydrogen-bond donors (Lipinski definition) is 3. The lowest BCUT2D eigenvalue weighted by Crippen LogP contribution is -2.02. The van der Waals surface area contributed by atoms with Gasteiger partial charge in [-0.2, -0.15) is 0 Å². The number of phenols is 3. The number of phenolic OH excluding ortho intramolecular Hbond substituents is 3. The van der Waals surface area contributed by atoms with Gasteiger partial charge in [0.15, 0.2) is 5.78 Å². The second-order valence-electron chi connectivity index (χ2n) is 4.63. The summed E-state index contributed by atoms with van der Waals surface area (Å²) in [6, 6.07) is 8.63. The quantitative estimate of drug-likeness (QED) is 0.748. The SMILES string of the molecule is CCCc1ccc(C(=O)c2ccc(O)cc2O)c(O)c1. The van der Waals surface area contributed by atoms with Gasteiger partial charge in [0.1, 0.15) is 17.2 Å². The first kappa shape index (κ1) is 13.9. The second kappa shape index (κ2) is 5.65. The number of carbonyl (C=O) groups is 1. The normalized spacial score (nSPS) is 10.4. The van der Waals surface area contributed by atoms with Gasteiger partial charge in [-0.3, -0.25) is 4.79 Å². The highest BCUT2D eigenvalue weighted by Gasteiger charge is 2.17. The Kier molecular flexibility index (Phi) is 3.94. The molecule has 0 heterocycles. The predicted octanol–water partition coefficient (Wildman–Crippen LogP) is 2.99. The zero-order valence-electron chi connectivity index (χ0n) is 11.1. The van der Waals surface area contributed by atoms with Crippen LogP contribution in [0.3, 0.4) is 0 Å². The Balaban J connectivity index is 2.38. The lowest BCUT2D eigenvalue weighted by Gasteiger charge is -2.08. The Morgan fingerprint density at radius 3 is 2.10 bits per heavy atom. The number of ketones is 1. The van der Waals surface area contributed by atoms with E-state index in [9.17, 15) is 20.1 Å². The molecule has 0 amide bonds. The van der Waals surface area contributed by atoms with Crippen molar-refractivity contribution in [1.29, 1.82) is 0 Å². The van der Waals surface area contributed by atoms with Crippen LogP contribution in [0.25, 0.3) is 0 Å². The Labute approximate surface area is 116 Å². The van der Waals surface area contributed by atoms with Gasteiger partial charge in [-0.15, -0.1) is 0 Å². The van der Waals surface area contributed by atoms with Crippen molar-refractivity contribution in [2.24, 2.45) is 0 Å². The first-order chi connectivity index (χ1) is 9.52. The maximum atomic E-state index is 12.3. The summed E-state index contributed by atoms with van der Waals surface area (Å²) < 4.78 is 0. The average molecular weight is 272 g/mol. The zero-order valence-corrected chi connectivity index (χ0v) is 11.1. The van der Waals surface area contributed by atoms with Crippen LogP contribution in [0.15, 0.2) is 36.4 Å². The van der Waals surface area contributed by atoms with E-state index in [4.69, 9.17) is 0 Å². The summed E-state index contributed by atoms with van der Waals surface area (Å²) in [5.74, 6) is -1.02. The molecule has 0 aliphatic heterocycles. The van der Waals surface area contributed by atoms with Crippen molar-refractivity contribution in [1.82, 2.24) is 0 Å². The van der Waals surface area contributed by atoms with E-state index in [-0.39, 0.29) is 28.4 Å². The van der Waals surface area contributed by atoms with Crippen molar-refractivity contribution in [3.8, 4) is 17.2 Å². The number of benzene rings is 2. The van der Waals surface area contributed by atoms with Gasteiger partial charge in [0.2, 0.25) is 0 Å². The number of rotatable bonds is 4. The van der Waals surface area contributed by atoms with E-state index in [1.165, 1.54) is 12.1 Å². The minimum absolute atomic E-state index is 0.0429. The molecule has 0 aliphatic carbocycles. The van der Waals surface area contributed by atoms with Gasteiger partial charge in [-0.1, -0.05) is 19.4 Å². The van der Waals surface area contributed by atoms with Crippen LogP contribution < -0.4 is 0 Å². The van der Waals surface area contributed by atoms with Crippen molar-refractivity contribution in [3.05, 3.63) is 53.1 Å². The molecule has 20 heavy (non-hydrogen) atoms. The van der Waals surface area contributed by atoms with E-state index in [2.05, 4.69) is 0 Å². The van der Waals surface area contributed by atoms with Gasteiger partial charge < -0.3 is 15.3 Å². The van der Waals surface area contributed by atoms with Crippen LogP contribution in [0.5, 0.6) is 17.2 Å². The van der Waals surface area contributed by atoms with Crippen molar-refractivity contribution in [2.45, 2.75) is 19.8 Å². The van der Waals surface area contributed by atoms with Crippen molar-refractivity contribution in [3.63, 3.8) is 0 Å². The molecule has 4 nitrogen and oxygen atoms in total. The van der Waals surface area contributed by atoms with E-state index >= 15 is 0 Å². The first-order valence-corrected chi connectivity index (χ1v) is 6.41. The van der Waals surface area contributed by atoms with Crippen LogP contribution >= 0.6 is 0 Å². The average Bonchev–Trinajstić information content (AvgIpc) is 2.38. The van der Waals surface area contributed by atoms with Crippen LogP contribution in [-0.4, -0.2) is 21.1 Å². The lowest BCUT2D eigenvalue weighted by atomic mass is 9.99. The molecule has 104 valence electrons. The molecule has 4 heteroatoms. The number of aromatic hydroxyl groups is 3. The van der Waals surface area contributed by atoms with Crippen molar-refractivity contribution in [2.75, 3.05) is 0 Å². The highest BCUT2D eigenvalue weighted by molar-refractivity contribution is 6.12. The molecular weight excluding hydrogens is 256 g/mol. The molecule has 0 saturated carbocycles. The van der Waals surface area contributed by atoms with Crippen LogP contribution in [0.4, 0.5) is 0 Å². The van der Waals surface area contributed by atoms with Crippen molar-refractivity contribution >= 4 is 5.78 Å². The Morgan fingerprint density at radius 1 is 0.950 bits per heavy atom. The van der Waals surface area contributed by atoms with E-state index in [0.29, 0.717) is 0 Å². The second-order valence-corrected chi connectivity index (χ2v) is 4.63. The third-order valence-electron chi connectivity index (χ3n) is 3.07. The fraction of sp³-hybridized carbons (Fsp3) is 0.188. The summed E-state index contributed by atoms with van der Waals surface area (Å²) in [6.07, 6.45) is 1.78. The van der Waals surface area contributed by atoms with Gasteiger partial charge in [-0.25, -0.2) is 0 Å². The number of aryl methyl sites for hydroxylation is 1. The summed E-state index contributed by atoms with van der Waals surface area (Å²) in [5, 5.41) is 28.9. The van der Waals surface area contributed by atoms with Gasteiger partial charge >= 0.3 is 0 Å². The maximum Gasteiger partial charge on any atom is 0.200 e. The molecule has 0 spiro atoms. The number of carbonyl (C=O) groups excluding carboxylic acids is 1. The van der Waals surface area contributed by atoms with Gasteiger partial charge in [-0.05, 0) is 36.2 Å². The minimum atomic E-state index is -0.483. The van der Waals surface area contributed by atoms with Crippen molar-refractivity contribution < 1.29 is 20.1 Å². The molecule has 0 fully saturated rings. The Morgan fingerprint density at radius 2 is 1.55 bits per heavy atom. The third kappa shape index (κ3) is 2.74. The summed E-state index contributed by atoms with van der Waals surface area (Å²) in [4.78, 5) is 12.3. The van der Waals surface area contributed by atoms with E-state index < -0.39 is 5.78 Å². The van der Waals surface area contributed by atoms with E-state index in [1.54, 1.807) is 18.2 Å². The molecule has 2 aromatic carbocycles.